The van der Waals surface area contributed by atoms with E-state index in [1.54, 1.807) is 23.4 Å². The smallest absolute Gasteiger partial charge is 0.253 e. The number of hydrogen-bond donors (Lipinski definition) is 1. The average Bonchev–Trinajstić information content (AvgIpc) is 3.32. The SMILES string of the molecule is Cc1cc(C(=O)N(C)CCCc2cc(-c3cccc(F)c3)n[nH]2)cc(C)c1OCc1cccnc1. The number of ether oxygens (including phenoxy) is 1. The first-order valence-electron chi connectivity index (χ1n) is 11.6. The summed E-state index contributed by atoms with van der Waals surface area (Å²) in [7, 11) is 1.81. The van der Waals surface area contributed by atoms with E-state index < -0.39 is 0 Å². The van der Waals surface area contributed by atoms with Gasteiger partial charge in [-0.15, -0.1) is 0 Å². The molecule has 1 N–H and O–H groups in total. The highest BCUT2D eigenvalue weighted by Gasteiger charge is 2.16. The summed E-state index contributed by atoms with van der Waals surface area (Å²) in [6, 6.07) is 15.9. The van der Waals surface area contributed by atoms with Crippen molar-refractivity contribution < 1.29 is 13.9 Å². The van der Waals surface area contributed by atoms with Gasteiger partial charge in [0.1, 0.15) is 18.2 Å². The van der Waals surface area contributed by atoms with Gasteiger partial charge >= 0.3 is 0 Å². The number of hydrogen-bond acceptors (Lipinski definition) is 4. The van der Waals surface area contributed by atoms with Crippen LogP contribution in [-0.2, 0) is 13.0 Å². The second-order valence-electron chi connectivity index (χ2n) is 8.71. The number of pyridine rings is 1. The monoisotopic (exact) mass is 472 g/mol. The molecule has 0 aliphatic heterocycles. The molecular weight excluding hydrogens is 443 g/mol. The fraction of sp³-hybridized carbons (Fsp3) is 0.250. The van der Waals surface area contributed by atoms with Crippen molar-refractivity contribution in [1.29, 1.82) is 0 Å². The van der Waals surface area contributed by atoms with Gasteiger partial charge in [0.2, 0.25) is 0 Å². The van der Waals surface area contributed by atoms with Gasteiger partial charge in [-0.25, -0.2) is 4.39 Å². The fourth-order valence-electron chi connectivity index (χ4n) is 4.05. The zero-order chi connectivity index (χ0) is 24.8. The van der Waals surface area contributed by atoms with Crippen molar-refractivity contribution in [1.82, 2.24) is 20.1 Å². The van der Waals surface area contributed by atoms with Crippen LogP contribution in [0.25, 0.3) is 11.3 Å². The van der Waals surface area contributed by atoms with Crippen LogP contribution in [0.3, 0.4) is 0 Å². The topological polar surface area (TPSA) is 71.1 Å². The van der Waals surface area contributed by atoms with Gasteiger partial charge in [-0.05, 0) is 74.2 Å². The van der Waals surface area contributed by atoms with E-state index in [0.717, 1.165) is 46.5 Å². The molecule has 0 aliphatic rings. The molecule has 4 rings (SSSR count). The van der Waals surface area contributed by atoms with Crippen molar-refractivity contribution in [3.63, 3.8) is 0 Å². The maximum absolute atomic E-state index is 13.5. The van der Waals surface area contributed by atoms with Gasteiger partial charge in [-0.1, -0.05) is 18.2 Å². The molecule has 1 amide bonds. The molecule has 0 saturated heterocycles. The number of nitrogens with one attached hydrogen (secondary N) is 1. The van der Waals surface area contributed by atoms with Gasteiger partial charge in [0.05, 0.1) is 5.69 Å². The fourth-order valence-corrected chi connectivity index (χ4v) is 4.05. The molecule has 0 atom stereocenters. The highest BCUT2D eigenvalue weighted by molar-refractivity contribution is 5.94. The first-order valence-corrected chi connectivity index (χ1v) is 11.6. The Morgan fingerprint density at radius 3 is 2.60 bits per heavy atom. The van der Waals surface area contributed by atoms with Crippen LogP contribution in [0.4, 0.5) is 4.39 Å². The van der Waals surface area contributed by atoms with E-state index in [2.05, 4.69) is 15.2 Å². The number of benzene rings is 2. The summed E-state index contributed by atoms with van der Waals surface area (Å²) in [5.41, 5.74) is 5.88. The minimum atomic E-state index is -0.286. The molecule has 4 aromatic rings. The Bertz CT molecular complexity index is 1280. The third kappa shape index (κ3) is 6.12. The zero-order valence-electron chi connectivity index (χ0n) is 20.2. The number of rotatable bonds is 9. The van der Waals surface area contributed by atoms with Crippen LogP contribution in [0.15, 0.2) is 67.0 Å². The van der Waals surface area contributed by atoms with E-state index in [0.29, 0.717) is 24.4 Å². The number of nitrogens with zero attached hydrogens (tertiary/aromatic N) is 3. The molecule has 2 heterocycles. The molecule has 7 heteroatoms. The van der Waals surface area contributed by atoms with Crippen molar-refractivity contribution >= 4 is 5.91 Å². The van der Waals surface area contributed by atoms with E-state index in [4.69, 9.17) is 4.74 Å². The molecule has 35 heavy (non-hydrogen) atoms. The highest BCUT2D eigenvalue weighted by Crippen LogP contribution is 2.26. The molecule has 2 aromatic carbocycles. The Balaban J connectivity index is 1.32. The van der Waals surface area contributed by atoms with Crippen molar-refractivity contribution in [2.45, 2.75) is 33.3 Å². The number of H-pyrrole nitrogens is 1. The van der Waals surface area contributed by atoms with E-state index in [1.165, 1.54) is 12.1 Å². The van der Waals surface area contributed by atoms with Gasteiger partial charge in [0, 0.05) is 48.4 Å². The predicted octanol–water partition coefficient (Wildman–Crippen LogP) is 5.51. The summed E-state index contributed by atoms with van der Waals surface area (Å²) in [5.74, 6) is 0.479. The number of aromatic nitrogens is 3. The largest absolute Gasteiger partial charge is 0.488 e. The van der Waals surface area contributed by atoms with Crippen LogP contribution < -0.4 is 4.74 Å². The third-order valence-corrected chi connectivity index (χ3v) is 5.85. The average molecular weight is 473 g/mol. The van der Waals surface area contributed by atoms with Crippen LogP contribution in [0.2, 0.25) is 0 Å². The van der Waals surface area contributed by atoms with E-state index in [-0.39, 0.29) is 11.7 Å². The summed E-state index contributed by atoms with van der Waals surface area (Å²) in [5, 5.41) is 7.29. The summed E-state index contributed by atoms with van der Waals surface area (Å²) in [6.45, 7) is 4.94. The second kappa shape index (κ2) is 11.0. The Hall–Kier alpha value is -4.00. The summed E-state index contributed by atoms with van der Waals surface area (Å²) in [6.07, 6.45) is 5.02. The van der Waals surface area contributed by atoms with E-state index >= 15 is 0 Å². The number of amides is 1. The number of aryl methyl sites for hydroxylation is 3. The minimum absolute atomic E-state index is 0.0277. The molecular formula is C28H29FN4O2. The van der Waals surface area contributed by atoms with Crippen LogP contribution >= 0.6 is 0 Å². The molecule has 0 unspecified atom stereocenters. The van der Waals surface area contributed by atoms with Crippen molar-refractivity contribution in [3.05, 3.63) is 101 Å². The van der Waals surface area contributed by atoms with Crippen LogP contribution in [0, 0.1) is 19.7 Å². The highest BCUT2D eigenvalue weighted by atomic mass is 19.1. The maximum Gasteiger partial charge on any atom is 0.253 e. The van der Waals surface area contributed by atoms with Gasteiger partial charge in [-0.2, -0.15) is 5.10 Å². The molecule has 0 saturated carbocycles. The summed E-state index contributed by atoms with van der Waals surface area (Å²) >= 11 is 0. The van der Waals surface area contributed by atoms with Crippen LogP contribution in [0.5, 0.6) is 5.75 Å². The molecule has 6 nitrogen and oxygen atoms in total. The quantitative estimate of drug-likeness (QED) is 0.349. The second-order valence-corrected chi connectivity index (χ2v) is 8.71. The third-order valence-electron chi connectivity index (χ3n) is 5.85. The molecule has 0 radical (unpaired) electrons. The Morgan fingerprint density at radius 2 is 1.89 bits per heavy atom. The van der Waals surface area contributed by atoms with Crippen LogP contribution in [-0.4, -0.2) is 39.6 Å². The number of carbonyl (C=O) groups is 1. The number of aromatic amines is 1. The Kier molecular flexibility index (Phi) is 7.55. The lowest BCUT2D eigenvalue weighted by Crippen LogP contribution is -2.28. The zero-order valence-corrected chi connectivity index (χ0v) is 20.2. The summed E-state index contributed by atoms with van der Waals surface area (Å²) < 4.78 is 19.5. The number of carbonyl (C=O) groups excluding carboxylic acids is 1. The predicted molar refractivity (Wildman–Crippen MR) is 134 cm³/mol. The first-order chi connectivity index (χ1) is 16.9. The lowest BCUT2D eigenvalue weighted by molar-refractivity contribution is 0.0793. The lowest BCUT2D eigenvalue weighted by Gasteiger charge is -2.19. The first kappa shape index (κ1) is 24.1. The summed E-state index contributed by atoms with van der Waals surface area (Å²) in [4.78, 5) is 18.9. The van der Waals surface area contributed by atoms with Crippen LogP contribution in [0.1, 0.15) is 39.2 Å². The molecule has 0 aliphatic carbocycles. The van der Waals surface area contributed by atoms with Gasteiger partial charge in [0.15, 0.2) is 0 Å². The van der Waals surface area contributed by atoms with Crippen molar-refractivity contribution in [2.75, 3.05) is 13.6 Å². The molecule has 0 fully saturated rings. The van der Waals surface area contributed by atoms with E-state index in [1.807, 2.05) is 57.3 Å². The Morgan fingerprint density at radius 1 is 1.09 bits per heavy atom. The molecule has 0 bridgehead atoms. The maximum atomic E-state index is 13.5. The molecule has 180 valence electrons. The molecule has 2 aromatic heterocycles. The number of halogens is 1. The normalized spacial score (nSPS) is 10.9. The Labute approximate surface area is 204 Å². The van der Waals surface area contributed by atoms with Gasteiger partial charge < -0.3 is 9.64 Å². The minimum Gasteiger partial charge on any atom is -0.488 e. The van der Waals surface area contributed by atoms with Crippen molar-refractivity contribution in [2.24, 2.45) is 0 Å². The lowest BCUT2D eigenvalue weighted by atomic mass is 10.0. The molecule has 0 spiro atoms. The van der Waals surface area contributed by atoms with Gasteiger partial charge in [0.25, 0.3) is 5.91 Å². The standard InChI is InChI=1S/C28H29FN4O2/c1-19-13-23(14-20(2)27(19)35-18-21-7-5-11-30-17-21)28(34)33(3)12-6-10-25-16-26(32-31-25)22-8-4-9-24(29)15-22/h4-5,7-9,11,13-17H,6,10,12,18H2,1-3H3,(H,31,32). The van der Waals surface area contributed by atoms with Crippen molar-refractivity contribution in [3.8, 4) is 17.0 Å². The van der Waals surface area contributed by atoms with E-state index in [9.17, 15) is 9.18 Å². The van der Waals surface area contributed by atoms with Gasteiger partial charge in [-0.3, -0.25) is 14.9 Å².